The molecule has 2 nitrogen and oxygen atoms in total. The summed E-state index contributed by atoms with van der Waals surface area (Å²) in [4.78, 5) is 10.9. The number of aryl methyl sites for hydroxylation is 1. The van der Waals surface area contributed by atoms with Crippen LogP contribution < -0.4 is 0 Å². The average Bonchev–Trinajstić information content (AvgIpc) is 2.77. The molecule has 0 aromatic heterocycles. The third-order valence-electron chi connectivity index (χ3n) is 2.91. The minimum atomic E-state index is -1.38. The molecule has 0 aliphatic heterocycles. The van der Waals surface area contributed by atoms with E-state index in [9.17, 15) is 9.18 Å². The number of hydrogen-bond acceptors (Lipinski definition) is 1. The summed E-state index contributed by atoms with van der Waals surface area (Å²) in [6, 6.07) is 2.79. The second-order valence-corrected chi connectivity index (χ2v) is 5.92. The van der Waals surface area contributed by atoms with Crippen LogP contribution in [0.1, 0.15) is 17.0 Å². The Morgan fingerprint density at radius 3 is 2.47 bits per heavy atom. The fourth-order valence-electron chi connectivity index (χ4n) is 1.98. The quantitative estimate of drug-likeness (QED) is 0.844. The second-order valence-electron chi connectivity index (χ2n) is 4.10. The van der Waals surface area contributed by atoms with Gasteiger partial charge in [-0.15, -0.1) is 0 Å². The third kappa shape index (κ3) is 2.01. The van der Waals surface area contributed by atoms with Gasteiger partial charge in [0.2, 0.25) is 0 Å². The minimum absolute atomic E-state index is 0.0241. The van der Waals surface area contributed by atoms with Gasteiger partial charge in [0.1, 0.15) is 10.2 Å². The number of carboxylic acid groups (broad SMARTS) is 1. The van der Waals surface area contributed by atoms with E-state index >= 15 is 0 Å². The zero-order valence-corrected chi connectivity index (χ0v) is 10.9. The molecule has 6 heteroatoms. The van der Waals surface area contributed by atoms with Gasteiger partial charge in [-0.3, -0.25) is 4.79 Å². The first-order chi connectivity index (χ1) is 7.76. The number of carboxylic acids is 1. The summed E-state index contributed by atoms with van der Waals surface area (Å²) in [5.41, 5.74) is 0.989. The lowest BCUT2D eigenvalue weighted by Gasteiger charge is -2.05. The second kappa shape index (κ2) is 4.01. The van der Waals surface area contributed by atoms with Crippen LogP contribution in [0.3, 0.4) is 0 Å². The molecular weight excluding hydrogens is 289 g/mol. The van der Waals surface area contributed by atoms with Crippen molar-refractivity contribution in [2.24, 2.45) is 5.92 Å². The van der Waals surface area contributed by atoms with Gasteiger partial charge in [0, 0.05) is 5.92 Å². The number of rotatable bonds is 2. The van der Waals surface area contributed by atoms with Crippen molar-refractivity contribution in [3.63, 3.8) is 0 Å². The summed E-state index contributed by atoms with van der Waals surface area (Å²) in [7, 11) is 0. The molecule has 1 aromatic carbocycles. The predicted molar refractivity (Wildman–Crippen MR) is 64.5 cm³/mol. The summed E-state index contributed by atoms with van der Waals surface area (Å²) < 4.78 is 12.1. The van der Waals surface area contributed by atoms with Crippen molar-refractivity contribution in [2.45, 2.75) is 17.2 Å². The topological polar surface area (TPSA) is 37.3 Å². The molecule has 0 radical (unpaired) electrons. The van der Waals surface area contributed by atoms with Crippen LogP contribution in [-0.2, 0) is 4.79 Å². The first kappa shape index (κ1) is 12.9. The van der Waals surface area contributed by atoms with E-state index in [0.29, 0.717) is 11.1 Å². The van der Waals surface area contributed by atoms with Crippen molar-refractivity contribution in [3.8, 4) is 0 Å². The first-order valence-corrected chi connectivity index (χ1v) is 5.96. The largest absolute Gasteiger partial charge is 0.481 e. The molecule has 1 aliphatic rings. The Morgan fingerprint density at radius 2 is 2.06 bits per heavy atom. The smallest absolute Gasteiger partial charge is 0.310 e. The monoisotopic (exact) mass is 296 g/mol. The van der Waals surface area contributed by atoms with Gasteiger partial charge in [-0.05, 0) is 24.1 Å². The van der Waals surface area contributed by atoms with Crippen LogP contribution in [0.2, 0.25) is 5.02 Å². The van der Waals surface area contributed by atoms with Crippen molar-refractivity contribution in [2.75, 3.05) is 0 Å². The van der Waals surface area contributed by atoms with Crippen LogP contribution >= 0.6 is 34.8 Å². The Balaban J connectivity index is 2.41. The number of aliphatic carboxylic acids is 1. The molecule has 1 N–H and O–H groups in total. The number of halogens is 4. The van der Waals surface area contributed by atoms with Crippen LogP contribution in [0, 0.1) is 18.7 Å². The van der Waals surface area contributed by atoms with E-state index < -0.39 is 28.0 Å². The fourth-order valence-corrected chi connectivity index (χ4v) is 2.91. The standard InChI is InChI=1S/C11H8Cl3FO2/c1-4-2-5(3-6(15)9(4)12)7-8(10(16)17)11(7,13)14/h2-3,7-8H,1H3,(H,16,17). The predicted octanol–water partition coefficient (Wildman–Crippen LogP) is 3.76. The number of alkyl halides is 2. The molecule has 17 heavy (non-hydrogen) atoms. The molecule has 0 bridgehead atoms. The van der Waals surface area contributed by atoms with E-state index in [1.165, 1.54) is 6.07 Å². The van der Waals surface area contributed by atoms with Crippen LogP contribution in [0.25, 0.3) is 0 Å². The Labute approximate surface area is 112 Å². The summed E-state index contributed by atoms with van der Waals surface area (Å²) in [5, 5.41) is 8.95. The van der Waals surface area contributed by atoms with E-state index in [2.05, 4.69) is 0 Å². The fraction of sp³-hybridized carbons (Fsp3) is 0.364. The van der Waals surface area contributed by atoms with E-state index in [1.807, 2.05) is 0 Å². The highest BCUT2D eigenvalue weighted by Gasteiger charge is 2.68. The van der Waals surface area contributed by atoms with Gasteiger partial charge in [0.05, 0.1) is 10.9 Å². The highest BCUT2D eigenvalue weighted by Crippen LogP contribution is 2.65. The van der Waals surface area contributed by atoms with Crippen molar-refractivity contribution < 1.29 is 14.3 Å². The maximum Gasteiger partial charge on any atom is 0.310 e. The molecule has 2 unspecified atom stereocenters. The molecule has 1 aliphatic carbocycles. The SMILES string of the molecule is Cc1cc(C2C(C(=O)O)C2(Cl)Cl)cc(F)c1Cl. The zero-order chi connectivity index (χ0) is 13.0. The molecule has 2 rings (SSSR count). The Kier molecular flexibility index (Phi) is 3.05. The molecule has 1 fully saturated rings. The molecule has 2 atom stereocenters. The van der Waals surface area contributed by atoms with Gasteiger partial charge in [0.25, 0.3) is 0 Å². The molecule has 0 spiro atoms. The summed E-state index contributed by atoms with van der Waals surface area (Å²) >= 11 is 17.4. The normalized spacial score (nSPS) is 25.7. The van der Waals surface area contributed by atoms with Crippen LogP contribution in [0.4, 0.5) is 4.39 Å². The van der Waals surface area contributed by atoms with Crippen LogP contribution in [0.15, 0.2) is 12.1 Å². The van der Waals surface area contributed by atoms with Crippen molar-refractivity contribution in [3.05, 3.63) is 34.1 Å². The lowest BCUT2D eigenvalue weighted by molar-refractivity contribution is -0.138. The molecule has 0 saturated heterocycles. The lowest BCUT2D eigenvalue weighted by Crippen LogP contribution is -2.03. The third-order valence-corrected chi connectivity index (χ3v) is 4.33. The van der Waals surface area contributed by atoms with Crippen LogP contribution in [-0.4, -0.2) is 15.4 Å². The number of hydrogen-bond donors (Lipinski definition) is 1. The number of carbonyl (C=O) groups is 1. The van der Waals surface area contributed by atoms with E-state index in [1.54, 1.807) is 13.0 Å². The van der Waals surface area contributed by atoms with Crippen LogP contribution in [0.5, 0.6) is 0 Å². The van der Waals surface area contributed by atoms with E-state index in [0.717, 1.165) is 0 Å². The van der Waals surface area contributed by atoms with Gasteiger partial charge in [0.15, 0.2) is 0 Å². The maximum absolute atomic E-state index is 13.4. The Hall–Kier alpha value is -0.510. The maximum atomic E-state index is 13.4. The highest BCUT2D eigenvalue weighted by molar-refractivity contribution is 6.53. The van der Waals surface area contributed by atoms with Gasteiger partial charge in [-0.2, -0.15) is 0 Å². The van der Waals surface area contributed by atoms with Gasteiger partial charge < -0.3 is 5.11 Å². The Bertz CT molecular complexity index is 478. The molecule has 0 amide bonds. The highest BCUT2D eigenvalue weighted by atomic mass is 35.5. The Morgan fingerprint density at radius 1 is 1.47 bits per heavy atom. The van der Waals surface area contributed by atoms with Gasteiger partial charge in [-0.1, -0.05) is 40.9 Å². The number of benzene rings is 1. The summed E-state index contributed by atoms with van der Waals surface area (Å²) in [6.45, 7) is 1.64. The average molecular weight is 298 g/mol. The van der Waals surface area contributed by atoms with Gasteiger partial charge >= 0.3 is 5.97 Å². The minimum Gasteiger partial charge on any atom is -0.481 e. The van der Waals surface area contributed by atoms with Gasteiger partial charge in [-0.25, -0.2) is 4.39 Å². The lowest BCUT2D eigenvalue weighted by atomic mass is 10.1. The summed E-state index contributed by atoms with van der Waals surface area (Å²) in [6.07, 6.45) is 0. The van der Waals surface area contributed by atoms with Crippen molar-refractivity contribution >= 4 is 40.8 Å². The molecule has 1 aromatic rings. The van der Waals surface area contributed by atoms with Crippen molar-refractivity contribution in [1.82, 2.24) is 0 Å². The van der Waals surface area contributed by atoms with Crippen molar-refractivity contribution in [1.29, 1.82) is 0 Å². The zero-order valence-electron chi connectivity index (χ0n) is 8.68. The molecule has 1 saturated carbocycles. The van der Waals surface area contributed by atoms with E-state index in [-0.39, 0.29) is 5.02 Å². The van der Waals surface area contributed by atoms with E-state index in [4.69, 9.17) is 39.9 Å². The molecular formula is C11H8Cl3FO2. The molecule has 0 heterocycles. The first-order valence-electron chi connectivity index (χ1n) is 4.83. The molecule has 92 valence electrons. The summed E-state index contributed by atoms with van der Waals surface area (Å²) in [5.74, 6) is -3.20.